The van der Waals surface area contributed by atoms with Gasteiger partial charge in [-0.3, -0.25) is 0 Å². The molecule has 94 valence electrons. The van der Waals surface area contributed by atoms with Crippen LogP contribution in [0.15, 0.2) is 46.9 Å². The lowest BCUT2D eigenvalue weighted by Gasteiger charge is -2.17. The van der Waals surface area contributed by atoms with Gasteiger partial charge < -0.3 is 10.4 Å². The monoisotopic (exact) mass is 305 g/mol. The molecule has 0 amide bonds. The third kappa shape index (κ3) is 3.05. The average Bonchev–Trinajstić information content (AvgIpc) is 2.33. The molecule has 0 saturated heterocycles. The number of benzene rings is 2. The first-order valence-corrected chi connectivity index (χ1v) is 6.67. The van der Waals surface area contributed by atoms with Crippen LogP contribution in [0.5, 0.6) is 5.75 Å². The summed E-state index contributed by atoms with van der Waals surface area (Å²) >= 11 is 3.56. The summed E-state index contributed by atoms with van der Waals surface area (Å²) in [6.07, 6.45) is 0. The fraction of sp³-hybridized carbons (Fsp3) is 0.200. The van der Waals surface area contributed by atoms with Gasteiger partial charge in [0.15, 0.2) is 0 Å². The molecule has 2 aromatic rings. The van der Waals surface area contributed by atoms with Crippen LogP contribution in [0.25, 0.3) is 0 Å². The van der Waals surface area contributed by atoms with Gasteiger partial charge in [-0.25, -0.2) is 0 Å². The molecule has 0 fully saturated rings. The molecule has 0 bridgehead atoms. The smallest absolute Gasteiger partial charge is 0.115 e. The fourth-order valence-corrected chi connectivity index (χ4v) is 2.42. The average molecular weight is 306 g/mol. The standard InChI is InChI=1S/C15H16BrNO/c1-10-3-8-15(14(16)9-10)17-11(2)12-4-6-13(18)7-5-12/h3-9,11,17-18H,1-2H3. The molecule has 2 rings (SSSR count). The maximum atomic E-state index is 9.27. The summed E-state index contributed by atoms with van der Waals surface area (Å²) in [5.74, 6) is 0.294. The molecule has 0 heterocycles. The number of halogens is 1. The zero-order chi connectivity index (χ0) is 13.1. The summed E-state index contributed by atoms with van der Waals surface area (Å²) in [5.41, 5.74) is 3.44. The van der Waals surface area contributed by atoms with Crippen LogP contribution in [0.1, 0.15) is 24.1 Å². The predicted molar refractivity (Wildman–Crippen MR) is 79.0 cm³/mol. The van der Waals surface area contributed by atoms with Crippen molar-refractivity contribution in [3.8, 4) is 5.75 Å². The van der Waals surface area contributed by atoms with Crippen LogP contribution in [0.2, 0.25) is 0 Å². The Morgan fingerprint density at radius 1 is 1.11 bits per heavy atom. The topological polar surface area (TPSA) is 32.3 Å². The Morgan fingerprint density at radius 3 is 2.39 bits per heavy atom. The van der Waals surface area contributed by atoms with Gasteiger partial charge in [0.25, 0.3) is 0 Å². The van der Waals surface area contributed by atoms with Crippen molar-refractivity contribution in [1.29, 1.82) is 0 Å². The minimum Gasteiger partial charge on any atom is -0.508 e. The number of nitrogens with one attached hydrogen (secondary N) is 1. The van der Waals surface area contributed by atoms with E-state index >= 15 is 0 Å². The quantitative estimate of drug-likeness (QED) is 0.866. The van der Waals surface area contributed by atoms with E-state index in [0.29, 0.717) is 5.75 Å². The van der Waals surface area contributed by atoms with Crippen molar-refractivity contribution in [3.63, 3.8) is 0 Å². The first-order valence-electron chi connectivity index (χ1n) is 5.88. The van der Waals surface area contributed by atoms with Crippen molar-refractivity contribution in [2.75, 3.05) is 5.32 Å². The van der Waals surface area contributed by atoms with Crippen LogP contribution in [0.3, 0.4) is 0 Å². The lowest BCUT2D eigenvalue weighted by atomic mass is 10.1. The molecule has 0 aliphatic carbocycles. The van der Waals surface area contributed by atoms with E-state index in [4.69, 9.17) is 0 Å². The molecule has 0 aliphatic heterocycles. The number of anilines is 1. The Balaban J connectivity index is 2.15. The second-order valence-corrected chi connectivity index (χ2v) is 5.30. The number of aryl methyl sites for hydroxylation is 1. The summed E-state index contributed by atoms with van der Waals surface area (Å²) in [6, 6.07) is 13.7. The molecule has 0 aliphatic rings. The van der Waals surface area contributed by atoms with Crippen LogP contribution in [0.4, 0.5) is 5.69 Å². The van der Waals surface area contributed by atoms with Gasteiger partial charge in [-0.15, -0.1) is 0 Å². The second kappa shape index (κ2) is 5.44. The molecular weight excluding hydrogens is 290 g/mol. The van der Waals surface area contributed by atoms with Crippen LogP contribution in [0, 0.1) is 6.92 Å². The molecule has 18 heavy (non-hydrogen) atoms. The van der Waals surface area contributed by atoms with Crippen molar-refractivity contribution in [2.24, 2.45) is 0 Å². The first kappa shape index (κ1) is 13.0. The highest BCUT2D eigenvalue weighted by Crippen LogP contribution is 2.27. The number of rotatable bonds is 3. The maximum Gasteiger partial charge on any atom is 0.115 e. The summed E-state index contributed by atoms with van der Waals surface area (Å²) in [4.78, 5) is 0. The molecule has 0 aromatic heterocycles. The van der Waals surface area contributed by atoms with Gasteiger partial charge in [-0.2, -0.15) is 0 Å². The molecule has 2 N–H and O–H groups in total. The lowest BCUT2D eigenvalue weighted by Crippen LogP contribution is -2.06. The van der Waals surface area contributed by atoms with Crippen LogP contribution in [-0.2, 0) is 0 Å². The summed E-state index contributed by atoms with van der Waals surface area (Å²) in [5, 5.41) is 12.7. The highest BCUT2D eigenvalue weighted by atomic mass is 79.9. The SMILES string of the molecule is Cc1ccc(NC(C)c2ccc(O)cc2)c(Br)c1. The van der Waals surface area contributed by atoms with Gasteiger partial charge in [0.1, 0.15) is 5.75 Å². The molecule has 2 nitrogen and oxygen atoms in total. The molecule has 1 atom stereocenters. The van der Waals surface area contributed by atoms with E-state index in [2.05, 4.69) is 53.3 Å². The molecule has 0 saturated carbocycles. The number of aromatic hydroxyl groups is 1. The molecular formula is C15H16BrNO. The third-order valence-electron chi connectivity index (χ3n) is 2.89. The van der Waals surface area contributed by atoms with Crippen LogP contribution in [-0.4, -0.2) is 5.11 Å². The van der Waals surface area contributed by atoms with Crippen molar-refractivity contribution < 1.29 is 5.11 Å². The summed E-state index contributed by atoms with van der Waals surface area (Å²) < 4.78 is 1.06. The highest BCUT2D eigenvalue weighted by molar-refractivity contribution is 9.10. The van der Waals surface area contributed by atoms with E-state index < -0.39 is 0 Å². The molecule has 3 heteroatoms. The number of phenols is 1. The molecule has 2 aromatic carbocycles. The van der Waals surface area contributed by atoms with E-state index in [0.717, 1.165) is 15.7 Å². The third-order valence-corrected chi connectivity index (χ3v) is 3.55. The zero-order valence-electron chi connectivity index (χ0n) is 10.4. The summed E-state index contributed by atoms with van der Waals surface area (Å²) in [6.45, 7) is 4.16. The van der Waals surface area contributed by atoms with Gasteiger partial charge in [0.2, 0.25) is 0 Å². The summed E-state index contributed by atoms with van der Waals surface area (Å²) in [7, 11) is 0. The molecule has 1 unspecified atom stereocenters. The Bertz CT molecular complexity index is 537. The Morgan fingerprint density at radius 2 is 1.78 bits per heavy atom. The highest BCUT2D eigenvalue weighted by Gasteiger charge is 2.07. The van der Waals surface area contributed by atoms with Crippen molar-refractivity contribution in [1.82, 2.24) is 0 Å². The van der Waals surface area contributed by atoms with Crippen molar-refractivity contribution in [3.05, 3.63) is 58.1 Å². The van der Waals surface area contributed by atoms with Gasteiger partial charge in [0.05, 0.1) is 0 Å². The lowest BCUT2D eigenvalue weighted by molar-refractivity contribution is 0.475. The van der Waals surface area contributed by atoms with Gasteiger partial charge >= 0.3 is 0 Å². The van der Waals surface area contributed by atoms with E-state index in [9.17, 15) is 5.11 Å². The number of hydrogen-bond donors (Lipinski definition) is 2. The number of phenolic OH excluding ortho intramolecular Hbond substituents is 1. The van der Waals surface area contributed by atoms with Crippen molar-refractivity contribution in [2.45, 2.75) is 19.9 Å². The van der Waals surface area contributed by atoms with Crippen LogP contribution >= 0.6 is 15.9 Å². The Labute approximate surface area is 116 Å². The van der Waals surface area contributed by atoms with E-state index in [1.165, 1.54) is 5.56 Å². The van der Waals surface area contributed by atoms with E-state index in [1.807, 2.05) is 12.1 Å². The maximum absolute atomic E-state index is 9.27. The minimum atomic E-state index is 0.185. The molecule has 0 spiro atoms. The van der Waals surface area contributed by atoms with E-state index in [-0.39, 0.29) is 6.04 Å². The zero-order valence-corrected chi connectivity index (χ0v) is 12.0. The first-order chi connectivity index (χ1) is 8.56. The van der Waals surface area contributed by atoms with Gasteiger partial charge in [0, 0.05) is 16.2 Å². The normalized spacial score (nSPS) is 12.2. The predicted octanol–water partition coefficient (Wildman–Crippen LogP) is 4.64. The number of hydrogen-bond acceptors (Lipinski definition) is 2. The molecule has 0 radical (unpaired) electrons. The van der Waals surface area contributed by atoms with Gasteiger partial charge in [-0.1, -0.05) is 18.2 Å². The Kier molecular flexibility index (Phi) is 3.92. The largest absolute Gasteiger partial charge is 0.508 e. The fourth-order valence-electron chi connectivity index (χ4n) is 1.82. The van der Waals surface area contributed by atoms with E-state index in [1.54, 1.807) is 12.1 Å². The van der Waals surface area contributed by atoms with Gasteiger partial charge in [-0.05, 0) is 65.2 Å². The second-order valence-electron chi connectivity index (χ2n) is 4.44. The minimum absolute atomic E-state index is 0.185. The Hall–Kier alpha value is -1.48. The van der Waals surface area contributed by atoms with Crippen molar-refractivity contribution >= 4 is 21.6 Å². The van der Waals surface area contributed by atoms with Crippen LogP contribution < -0.4 is 5.32 Å².